The summed E-state index contributed by atoms with van der Waals surface area (Å²) in [4.78, 5) is 20.1. The summed E-state index contributed by atoms with van der Waals surface area (Å²) in [6, 6.07) is 9.10. The van der Waals surface area contributed by atoms with Crippen molar-refractivity contribution in [3.05, 3.63) is 59.3 Å². The van der Waals surface area contributed by atoms with Gasteiger partial charge in [-0.15, -0.1) is 0 Å². The molecule has 0 saturated carbocycles. The lowest BCUT2D eigenvalue weighted by Crippen LogP contribution is -2.20. The average Bonchev–Trinajstić information content (AvgIpc) is 2.84. The number of hydrogen-bond acceptors (Lipinski definition) is 9. The fourth-order valence-electron chi connectivity index (χ4n) is 3.57. The van der Waals surface area contributed by atoms with E-state index in [9.17, 15) is 22.5 Å². The van der Waals surface area contributed by atoms with E-state index >= 15 is 0 Å². The molecule has 1 atom stereocenters. The summed E-state index contributed by atoms with van der Waals surface area (Å²) in [6.07, 6.45) is -3.97. The third kappa shape index (κ3) is 7.14. The highest BCUT2D eigenvalue weighted by Crippen LogP contribution is 2.47. The average molecular weight is 552 g/mol. The van der Waals surface area contributed by atoms with Gasteiger partial charge in [-0.05, 0) is 42.8 Å². The Morgan fingerprint density at radius 1 is 1.13 bits per heavy atom. The van der Waals surface area contributed by atoms with E-state index in [1.54, 1.807) is 25.1 Å². The van der Waals surface area contributed by atoms with Crippen molar-refractivity contribution in [1.29, 1.82) is 0 Å². The molecule has 10 nitrogen and oxygen atoms in total. The van der Waals surface area contributed by atoms with Crippen molar-refractivity contribution in [2.75, 3.05) is 43.8 Å². The number of rotatable bonds is 10. The van der Waals surface area contributed by atoms with Gasteiger partial charge < -0.3 is 30.9 Å². The minimum atomic E-state index is -4.78. The maximum absolute atomic E-state index is 13.8. The third-order valence-corrected chi connectivity index (χ3v) is 6.99. The second-order valence-corrected chi connectivity index (χ2v) is 10.8. The molecule has 0 aliphatic heterocycles. The molecule has 1 unspecified atom stereocenters. The first-order chi connectivity index (χ1) is 17.9. The quantitative estimate of drug-likeness (QED) is 0.193. The zero-order chi connectivity index (χ0) is 28.1. The van der Waals surface area contributed by atoms with Crippen molar-refractivity contribution in [2.24, 2.45) is 0 Å². The molecule has 3 rings (SSSR count). The van der Waals surface area contributed by atoms with Gasteiger partial charge in [0.2, 0.25) is 13.3 Å². The number of nitrogens with one attached hydrogen (secondary N) is 3. The van der Waals surface area contributed by atoms with Crippen LogP contribution in [-0.4, -0.2) is 43.3 Å². The van der Waals surface area contributed by atoms with Gasteiger partial charge in [0.1, 0.15) is 17.1 Å². The highest BCUT2D eigenvalue weighted by atomic mass is 31.2. The van der Waals surface area contributed by atoms with Crippen LogP contribution in [0.1, 0.15) is 28.4 Å². The van der Waals surface area contributed by atoms with Gasteiger partial charge in [0, 0.05) is 31.8 Å². The zero-order valence-corrected chi connectivity index (χ0v) is 22.0. The fraction of sp³-hybridized carbons (Fsp3) is 0.292. The zero-order valence-electron chi connectivity index (χ0n) is 21.1. The number of alkyl halides is 3. The topological polar surface area (TPSA) is 140 Å². The maximum Gasteiger partial charge on any atom is 0.421 e. The van der Waals surface area contributed by atoms with E-state index in [1.807, 2.05) is 0 Å². The molecule has 1 heterocycles. The minimum Gasteiger partial charge on any atom is -0.495 e. The van der Waals surface area contributed by atoms with Crippen LogP contribution in [0, 0.1) is 0 Å². The fourth-order valence-corrected chi connectivity index (χ4v) is 5.07. The van der Waals surface area contributed by atoms with Gasteiger partial charge in [0.25, 0.3) is 5.91 Å². The van der Waals surface area contributed by atoms with Crippen molar-refractivity contribution >= 4 is 42.1 Å². The summed E-state index contributed by atoms with van der Waals surface area (Å²) in [5, 5.41) is 7.86. The molecule has 5 N–H and O–H groups in total. The third-order valence-electron chi connectivity index (χ3n) is 5.25. The number of benzene rings is 2. The number of carbonyl (C=O) groups is 1. The van der Waals surface area contributed by atoms with Gasteiger partial charge in [-0.2, -0.15) is 18.2 Å². The van der Waals surface area contributed by atoms with E-state index in [0.717, 1.165) is 0 Å². The standard InChI is InChI=1S/C24H28F3N6O4P/c1-5-37-38(4,35)13-14-6-8-19(20(10-14)36-3)32-23-30-12-17(24(25,26)27)21(33-23)31-18-9-7-15(28)11-16(18)22(34)29-2/h6-12H,5,13,28H2,1-4H3,(H,29,34)(H2,30,31,32,33). The van der Waals surface area contributed by atoms with Gasteiger partial charge in [0.05, 0.1) is 30.7 Å². The van der Waals surface area contributed by atoms with E-state index in [4.69, 9.17) is 15.0 Å². The number of halogens is 3. The predicted molar refractivity (Wildman–Crippen MR) is 140 cm³/mol. The Morgan fingerprint density at radius 3 is 2.47 bits per heavy atom. The van der Waals surface area contributed by atoms with E-state index < -0.39 is 30.8 Å². The highest BCUT2D eigenvalue weighted by Gasteiger charge is 2.35. The molecule has 1 aromatic heterocycles. The van der Waals surface area contributed by atoms with Crippen molar-refractivity contribution in [3.8, 4) is 5.75 Å². The molecule has 3 aromatic rings. The molecule has 204 valence electrons. The van der Waals surface area contributed by atoms with Crippen LogP contribution in [0.3, 0.4) is 0 Å². The smallest absolute Gasteiger partial charge is 0.421 e. The first-order valence-electron chi connectivity index (χ1n) is 11.3. The van der Waals surface area contributed by atoms with Crippen molar-refractivity contribution < 1.29 is 31.8 Å². The lowest BCUT2D eigenvalue weighted by molar-refractivity contribution is -0.137. The van der Waals surface area contributed by atoms with Crippen LogP contribution in [0.25, 0.3) is 0 Å². The number of amides is 1. The number of nitrogens with two attached hydrogens (primary N) is 1. The van der Waals surface area contributed by atoms with Crippen LogP contribution in [0.5, 0.6) is 5.75 Å². The normalized spacial score (nSPS) is 12.9. The van der Waals surface area contributed by atoms with Gasteiger partial charge in [-0.3, -0.25) is 9.36 Å². The number of aromatic nitrogens is 2. The number of anilines is 5. The number of hydrogen-bond donors (Lipinski definition) is 4. The summed E-state index contributed by atoms with van der Waals surface area (Å²) in [5.74, 6) is -0.966. The van der Waals surface area contributed by atoms with E-state index in [1.165, 1.54) is 39.0 Å². The second-order valence-electron chi connectivity index (χ2n) is 8.21. The van der Waals surface area contributed by atoms with Crippen molar-refractivity contribution in [3.63, 3.8) is 0 Å². The molecule has 38 heavy (non-hydrogen) atoms. The lowest BCUT2D eigenvalue weighted by Gasteiger charge is -2.18. The molecule has 0 spiro atoms. The molecule has 0 radical (unpaired) electrons. The molecular formula is C24H28F3N6O4P. The van der Waals surface area contributed by atoms with Crippen LogP contribution < -0.4 is 26.4 Å². The number of nitrogen functional groups attached to an aromatic ring is 1. The van der Waals surface area contributed by atoms with Crippen LogP contribution in [0.2, 0.25) is 0 Å². The molecule has 0 bridgehead atoms. The number of carbonyl (C=O) groups excluding carboxylic acids is 1. The van der Waals surface area contributed by atoms with E-state index in [-0.39, 0.29) is 29.0 Å². The number of methoxy groups -OCH3 is 1. The predicted octanol–water partition coefficient (Wildman–Crippen LogP) is 5.38. The summed E-state index contributed by atoms with van der Waals surface area (Å²) in [7, 11) is -0.0526. The number of nitrogens with zero attached hydrogens (tertiary/aromatic N) is 2. The SMILES string of the molecule is CCOP(C)(=O)Cc1ccc(Nc2ncc(C(F)(F)F)c(Nc3ccc(N)cc3C(=O)NC)n2)c(OC)c1. The molecule has 0 fully saturated rings. The van der Waals surface area contributed by atoms with Gasteiger partial charge in [-0.1, -0.05) is 6.07 Å². The Labute approximate surface area is 217 Å². The molecule has 1 amide bonds. The molecule has 0 saturated heterocycles. The Balaban J connectivity index is 1.97. The number of ether oxygens (including phenoxy) is 1. The molecule has 14 heteroatoms. The summed E-state index contributed by atoms with van der Waals surface area (Å²) < 4.78 is 64.5. The minimum absolute atomic E-state index is 0.0336. The second kappa shape index (κ2) is 11.7. The monoisotopic (exact) mass is 552 g/mol. The van der Waals surface area contributed by atoms with Gasteiger partial charge in [-0.25, -0.2) is 4.98 Å². The molecular weight excluding hydrogens is 524 g/mol. The lowest BCUT2D eigenvalue weighted by atomic mass is 10.1. The molecule has 0 aliphatic rings. The summed E-state index contributed by atoms with van der Waals surface area (Å²) in [6.45, 7) is 3.60. The largest absolute Gasteiger partial charge is 0.495 e. The van der Waals surface area contributed by atoms with Crippen molar-refractivity contribution in [1.82, 2.24) is 15.3 Å². The van der Waals surface area contributed by atoms with Crippen LogP contribution in [-0.2, 0) is 21.4 Å². The van der Waals surface area contributed by atoms with E-state index in [2.05, 4.69) is 25.9 Å². The first-order valence-corrected chi connectivity index (χ1v) is 13.6. The summed E-state index contributed by atoms with van der Waals surface area (Å²) in [5.41, 5.74) is 6.02. The van der Waals surface area contributed by atoms with Crippen molar-refractivity contribution in [2.45, 2.75) is 19.3 Å². The Morgan fingerprint density at radius 2 is 1.84 bits per heavy atom. The highest BCUT2D eigenvalue weighted by molar-refractivity contribution is 7.57. The Kier molecular flexibility index (Phi) is 8.85. The van der Waals surface area contributed by atoms with Crippen LogP contribution in [0.15, 0.2) is 42.6 Å². The summed E-state index contributed by atoms with van der Waals surface area (Å²) >= 11 is 0. The van der Waals surface area contributed by atoms with Crippen LogP contribution >= 0.6 is 7.37 Å². The Bertz CT molecular complexity index is 1370. The Hall–Kier alpha value is -3.83. The maximum atomic E-state index is 13.8. The molecule has 2 aromatic carbocycles. The van der Waals surface area contributed by atoms with Crippen LogP contribution in [0.4, 0.5) is 42.0 Å². The van der Waals surface area contributed by atoms with E-state index in [0.29, 0.717) is 29.8 Å². The first kappa shape index (κ1) is 28.7. The van der Waals surface area contributed by atoms with Gasteiger partial charge >= 0.3 is 6.18 Å². The van der Waals surface area contributed by atoms with Gasteiger partial charge in [0.15, 0.2) is 0 Å². The molecule has 0 aliphatic carbocycles.